The summed E-state index contributed by atoms with van der Waals surface area (Å²) in [7, 11) is 1.64. The first-order valence-electron chi connectivity index (χ1n) is 9.95. The van der Waals surface area contributed by atoms with Gasteiger partial charge in [0.25, 0.3) is 0 Å². The van der Waals surface area contributed by atoms with Gasteiger partial charge >= 0.3 is 0 Å². The maximum Gasteiger partial charge on any atom is 0.191 e. The van der Waals surface area contributed by atoms with Gasteiger partial charge in [0.1, 0.15) is 11.9 Å². The number of hydrogen-bond acceptors (Lipinski definition) is 4. The Morgan fingerprint density at radius 1 is 1.10 bits per heavy atom. The van der Waals surface area contributed by atoms with E-state index < -0.39 is 0 Å². The van der Waals surface area contributed by atoms with Crippen LogP contribution >= 0.6 is 0 Å². The van der Waals surface area contributed by atoms with Crippen molar-refractivity contribution >= 4 is 17.0 Å². The maximum absolute atomic E-state index is 5.97. The molecule has 3 rings (SSSR count). The lowest BCUT2D eigenvalue weighted by Gasteiger charge is -2.16. The second kappa shape index (κ2) is 10.4. The Labute approximate surface area is 171 Å². The number of benzene rings is 2. The summed E-state index contributed by atoms with van der Waals surface area (Å²) in [6, 6.07) is 15.7. The standard InChI is InChI=1S/C22H29N5O2/c1-4-23-22(24-14-13-21-26-17-9-5-6-10-18(17)27-21)25-15-16(2)29-20-12-8-7-11-19(20)28-3/h5-12,16H,4,13-15H2,1-3H3,(H,26,27)(H2,23,24,25). The number of hydrogen-bond donors (Lipinski definition) is 3. The smallest absolute Gasteiger partial charge is 0.191 e. The highest BCUT2D eigenvalue weighted by Gasteiger charge is 2.09. The Hall–Kier alpha value is -3.22. The van der Waals surface area contributed by atoms with Crippen LogP contribution in [0.3, 0.4) is 0 Å². The molecule has 0 bridgehead atoms. The minimum Gasteiger partial charge on any atom is -0.493 e. The molecule has 0 aliphatic heterocycles. The molecule has 1 heterocycles. The third-order valence-corrected chi connectivity index (χ3v) is 4.34. The number of ether oxygens (including phenoxy) is 2. The van der Waals surface area contributed by atoms with Gasteiger partial charge in [0.05, 0.1) is 24.7 Å². The number of guanidine groups is 1. The van der Waals surface area contributed by atoms with Gasteiger partial charge in [-0.05, 0) is 38.1 Å². The van der Waals surface area contributed by atoms with Gasteiger partial charge in [-0.1, -0.05) is 24.3 Å². The van der Waals surface area contributed by atoms with E-state index in [1.807, 2.05) is 62.4 Å². The van der Waals surface area contributed by atoms with E-state index in [1.165, 1.54) is 0 Å². The summed E-state index contributed by atoms with van der Waals surface area (Å²) in [4.78, 5) is 12.6. The molecule has 0 saturated heterocycles. The first-order valence-corrected chi connectivity index (χ1v) is 9.95. The van der Waals surface area contributed by atoms with Crippen LogP contribution in [0.5, 0.6) is 11.5 Å². The van der Waals surface area contributed by atoms with Crippen molar-refractivity contribution < 1.29 is 9.47 Å². The topological polar surface area (TPSA) is 83.6 Å². The van der Waals surface area contributed by atoms with Gasteiger partial charge in [0.2, 0.25) is 0 Å². The molecule has 29 heavy (non-hydrogen) atoms. The predicted molar refractivity (Wildman–Crippen MR) is 117 cm³/mol. The number of aromatic nitrogens is 2. The lowest BCUT2D eigenvalue weighted by molar-refractivity contribution is 0.219. The van der Waals surface area contributed by atoms with Gasteiger partial charge in [-0.15, -0.1) is 0 Å². The number of nitrogens with one attached hydrogen (secondary N) is 3. The quantitative estimate of drug-likeness (QED) is 0.383. The van der Waals surface area contributed by atoms with E-state index in [-0.39, 0.29) is 6.10 Å². The predicted octanol–water partition coefficient (Wildman–Crippen LogP) is 3.14. The summed E-state index contributed by atoms with van der Waals surface area (Å²) in [6.07, 6.45) is 0.698. The summed E-state index contributed by atoms with van der Waals surface area (Å²) >= 11 is 0. The number of methoxy groups -OCH3 is 1. The molecule has 2 aromatic carbocycles. The van der Waals surface area contributed by atoms with Crippen LogP contribution in [0.4, 0.5) is 0 Å². The van der Waals surface area contributed by atoms with E-state index in [0.29, 0.717) is 6.54 Å². The van der Waals surface area contributed by atoms with Crippen LogP contribution in [-0.4, -0.2) is 48.8 Å². The molecule has 7 nitrogen and oxygen atoms in total. The average molecular weight is 396 g/mol. The minimum absolute atomic E-state index is 0.0860. The fourth-order valence-electron chi connectivity index (χ4n) is 2.96. The van der Waals surface area contributed by atoms with E-state index in [1.54, 1.807) is 7.11 Å². The number of imidazole rings is 1. The fraction of sp³-hybridized carbons (Fsp3) is 0.364. The van der Waals surface area contributed by atoms with Gasteiger partial charge in [-0.2, -0.15) is 0 Å². The highest BCUT2D eigenvalue weighted by Crippen LogP contribution is 2.26. The molecule has 0 amide bonds. The number of aromatic amines is 1. The van der Waals surface area contributed by atoms with Crippen molar-refractivity contribution in [1.29, 1.82) is 0 Å². The highest BCUT2D eigenvalue weighted by atomic mass is 16.5. The summed E-state index contributed by atoms with van der Waals surface area (Å²) in [5, 5.41) is 6.62. The van der Waals surface area contributed by atoms with Crippen molar-refractivity contribution in [2.45, 2.75) is 26.4 Å². The van der Waals surface area contributed by atoms with Gasteiger partial charge < -0.3 is 25.1 Å². The van der Waals surface area contributed by atoms with Crippen LogP contribution in [0.1, 0.15) is 19.7 Å². The van der Waals surface area contributed by atoms with Crippen molar-refractivity contribution in [2.24, 2.45) is 4.99 Å². The van der Waals surface area contributed by atoms with Crippen molar-refractivity contribution in [3.05, 3.63) is 54.4 Å². The monoisotopic (exact) mass is 395 g/mol. The van der Waals surface area contributed by atoms with E-state index >= 15 is 0 Å². The van der Waals surface area contributed by atoms with Crippen LogP contribution in [-0.2, 0) is 6.42 Å². The Kier molecular flexibility index (Phi) is 7.33. The van der Waals surface area contributed by atoms with Crippen molar-refractivity contribution in [1.82, 2.24) is 20.6 Å². The third-order valence-electron chi connectivity index (χ3n) is 4.34. The SMILES string of the molecule is CCNC(=NCC(C)Oc1ccccc1OC)NCCc1nc2ccccc2[nH]1. The first kappa shape index (κ1) is 20.5. The molecule has 0 radical (unpaired) electrons. The van der Waals surface area contributed by atoms with E-state index in [4.69, 9.17) is 9.47 Å². The summed E-state index contributed by atoms with van der Waals surface area (Å²) < 4.78 is 11.3. The van der Waals surface area contributed by atoms with Gasteiger partial charge in [0.15, 0.2) is 17.5 Å². The molecule has 3 aromatic rings. The number of fused-ring (bicyclic) bond motifs is 1. The lowest BCUT2D eigenvalue weighted by atomic mass is 10.3. The van der Waals surface area contributed by atoms with Crippen LogP contribution in [0.2, 0.25) is 0 Å². The summed E-state index contributed by atoms with van der Waals surface area (Å²) in [6.45, 7) is 6.09. The molecule has 0 aliphatic rings. The van der Waals surface area contributed by atoms with Gasteiger partial charge in [-0.25, -0.2) is 9.98 Å². The zero-order valence-corrected chi connectivity index (χ0v) is 17.2. The fourth-order valence-corrected chi connectivity index (χ4v) is 2.96. The Bertz CT molecular complexity index is 905. The van der Waals surface area contributed by atoms with E-state index in [2.05, 4.69) is 25.6 Å². The minimum atomic E-state index is -0.0860. The zero-order valence-electron chi connectivity index (χ0n) is 17.2. The highest BCUT2D eigenvalue weighted by molar-refractivity contribution is 5.79. The van der Waals surface area contributed by atoms with Crippen LogP contribution in [0.25, 0.3) is 11.0 Å². The summed E-state index contributed by atoms with van der Waals surface area (Å²) in [5.41, 5.74) is 2.05. The first-order chi connectivity index (χ1) is 14.2. The molecule has 1 aromatic heterocycles. The Morgan fingerprint density at radius 2 is 1.86 bits per heavy atom. The molecule has 1 unspecified atom stereocenters. The lowest BCUT2D eigenvalue weighted by Crippen LogP contribution is -2.39. The molecule has 0 aliphatic carbocycles. The van der Waals surface area contributed by atoms with E-state index in [0.717, 1.165) is 53.8 Å². The average Bonchev–Trinajstić information content (AvgIpc) is 3.15. The molecular weight excluding hydrogens is 366 g/mol. The maximum atomic E-state index is 5.97. The molecule has 1 atom stereocenters. The van der Waals surface area contributed by atoms with Crippen LogP contribution < -0.4 is 20.1 Å². The van der Waals surface area contributed by atoms with Crippen LogP contribution in [0, 0.1) is 0 Å². The molecule has 0 fully saturated rings. The van der Waals surface area contributed by atoms with Crippen molar-refractivity contribution in [3.63, 3.8) is 0 Å². The summed E-state index contributed by atoms with van der Waals surface area (Å²) in [5.74, 6) is 3.17. The Morgan fingerprint density at radius 3 is 2.62 bits per heavy atom. The number of para-hydroxylation sites is 4. The van der Waals surface area contributed by atoms with Crippen LogP contribution in [0.15, 0.2) is 53.5 Å². The molecule has 7 heteroatoms. The largest absolute Gasteiger partial charge is 0.493 e. The molecule has 0 saturated carbocycles. The number of nitrogens with zero attached hydrogens (tertiary/aromatic N) is 2. The molecule has 3 N–H and O–H groups in total. The number of H-pyrrole nitrogens is 1. The molecule has 154 valence electrons. The number of rotatable bonds is 9. The second-order valence-electron chi connectivity index (χ2n) is 6.68. The normalized spacial score (nSPS) is 12.6. The third kappa shape index (κ3) is 5.88. The Balaban J connectivity index is 1.52. The second-order valence-corrected chi connectivity index (χ2v) is 6.68. The van der Waals surface area contributed by atoms with E-state index in [9.17, 15) is 0 Å². The number of aliphatic imine (C=N–C) groups is 1. The van der Waals surface area contributed by atoms with Crippen molar-refractivity contribution in [3.8, 4) is 11.5 Å². The van der Waals surface area contributed by atoms with Crippen molar-refractivity contribution in [2.75, 3.05) is 26.7 Å². The van der Waals surface area contributed by atoms with Gasteiger partial charge in [-0.3, -0.25) is 0 Å². The molecular formula is C22H29N5O2. The van der Waals surface area contributed by atoms with Gasteiger partial charge in [0, 0.05) is 19.5 Å². The zero-order chi connectivity index (χ0) is 20.5. The molecule has 0 spiro atoms.